The molecular weight excluding hydrogens is 170 g/mol. The maximum Gasteiger partial charge on any atom is 0.0205 e. The zero-order valence-electron chi connectivity index (χ0n) is 9.51. The molecule has 1 aromatic carbocycles. The predicted octanol–water partition coefficient (Wildman–Crippen LogP) is 3.13. The Morgan fingerprint density at radius 3 is 2.71 bits per heavy atom. The van der Waals surface area contributed by atoms with Crippen LogP contribution < -0.4 is 5.32 Å². The van der Waals surface area contributed by atoms with Crippen LogP contribution in [0.15, 0.2) is 24.3 Å². The van der Waals surface area contributed by atoms with E-state index in [4.69, 9.17) is 0 Å². The maximum atomic E-state index is 3.46. The van der Waals surface area contributed by atoms with Crippen molar-refractivity contribution in [3.05, 3.63) is 35.4 Å². The minimum atomic E-state index is 0.792. The van der Waals surface area contributed by atoms with Crippen LogP contribution in [0.2, 0.25) is 0 Å². The minimum absolute atomic E-state index is 0.792. The molecular formula is C13H21N. The van der Waals surface area contributed by atoms with Crippen molar-refractivity contribution in [3.63, 3.8) is 0 Å². The fraction of sp³-hybridized carbons (Fsp3) is 0.538. The van der Waals surface area contributed by atoms with Gasteiger partial charge in [-0.3, -0.25) is 0 Å². The van der Waals surface area contributed by atoms with Gasteiger partial charge < -0.3 is 5.32 Å². The lowest BCUT2D eigenvalue weighted by atomic mass is 10.1. The summed E-state index contributed by atoms with van der Waals surface area (Å²) < 4.78 is 0. The summed E-state index contributed by atoms with van der Waals surface area (Å²) in [5, 5.41) is 3.46. The molecule has 0 amide bonds. The Labute approximate surface area is 87.5 Å². The molecule has 0 atom stereocenters. The van der Waals surface area contributed by atoms with Gasteiger partial charge in [0, 0.05) is 6.54 Å². The van der Waals surface area contributed by atoms with Crippen LogP contribution in [0.25, 0.3) is 0 Å². The van der Waals surface area contributed by atoms with E-state index in [0.717, 1.165) is 19.0 Å². The van der Waals surface area contributed by atoms with E-state index < -0.39 is 0 Å². The van der Waals surface area contributed by atoms with E-state index in [9.17, 15) is 0 Å². The third-order valence-electron chi connectivity index (χ3n) is 2.31. The quantitative estimate of drug-likeness (QED) is 0.705. The van der Waals surface area contributed by atoms with Crippen molar-refractivity contribution in [2.45, 2.75) is 33.7 Å². The first-order chi connectivity index (χ1) is 6.68. The highest BCUT2D eigenvalue weighted by Crippen LogP contribution is 2.03. The third-order valence-corrected chi connectivity index (χ3v) is 2.31. The van der Waals surface area contributed by atoms with Gasteiger partial charge in [-0.15, -0.1) is 0 Å². The molecule has 14 heavy (non-hydrogen) atoms. The minimum Gasteiger partial charge on any atom is -0.313 e. The van der Waals surface area contributed by atoms with E-state index in [-0.39, 0.29) is 0 Å². The van der Waals surface area contributed by atoms with Gasteiger partial charge in [-0.2, -0.15) is 0 Å². The molecule has 0 aromatic heterocycles. The number of benzene rings is 1. The Bertz CT molecular complexity index is 266. The van der Waals surface area contributed by atoms with Crippen LogP contribution in [-0.4, -0.2) is 6.54 Å². The van der Waals surface area contributed by atoms with E-state index in [1.807, 2.05) is 0 Å². The second-order valence-corrected chi connectivity index (χ2v) is 4.35. The molecule has 1 N–H and O–H groups in total. The molecule has 0 heterocycles. The lowest BCUT2D eigenvalue weighted by Crippen LogP contribution is -2.16. The van der Waals surface area contributed by atoms with E-state index in [0.29, 0.717) is 0 Å². The molecule has 1 rings (SSSR count). The SMILES string of the molecule is Cc1cccc(CNCCC(C)C)c1. The van der Waals surface area contributed by atoms with Crippen molar-refractivity contribution in [2.24, 2.45) is 5.92 Å². The van der Waals surface area contributed by atoms with Gasteiger partial charge in [0.2, 0.25) is 0 Å². The highest BCUT2D eigenvalue weighted by Gasteiger charge is 1.94. The largest absolute Gasteiger partial charge is 0.313 e. The summed E-state index contributed by atoms with van der Waals surface area (Å²) in [6.45, 7) is 8.76. The summed E-state index contributed by atoms with van der Waals surface area (Å²) in [5.74, 6) is 0.792. The molecule has 0 spiro atoms. The van der Waals surface area contributed by atoms with Crippen LogP contribution in [0, 0.1) is 12.8 Å². The smallest absolute Gasteiger partial charge is 0.0205 e. The first kappa shape index (κ1) is 11.3. The molecule has 0 saturated heterocycles. The fourth-order valence-corrected chi connectivity index (χ4v) is 1.45. The molecule has 1 aromatic rings. The van der Waals surface area contributed by atoms with Crippen LogP contribution in [-0.2, 0) is 6.54 Å². The first-order valence-corrected chi connectivity index (χ1v) is 5.44. The zero-order chi connectivity index (χ0) is 10.4. The van der Waals surface area contributed by atoms with Gasteiger partial charge in [-0.25, -0.2) is 0 Å². The number of aryl methyl sites for hydroxylation is 1. The first-order valence-electron chi connectivity index (χ1n) is 5.44. The van der Waals surface area contributed by atoms with Gasteiger partial charge in [0.05, 0.1) is 0 Å². The monoisotopic (exact) mass is 191 g/mol. The summed E-state index contributed by atoms with van der Waals surface area (Å²) in [7, 11) is 0. The Hall–Kier alpha value is -0.820. The topological polar surface area (TPSA) is 12.0 Å². The normalized spacial score (nSPS) is 10.9. The van der Waals surface area contributed by atoms with Crippen LogP contribution in [0.4, 0.5) is 0 Å². The lowest BCUT2D eigenvalue weighted by molar-refractivity contribution is 0.537. The maximum absolute atomic E-state index is 3.46. The Balaban J connectivity index is 2.25. The van der Waals surface area contributed by atoms with Gasteiger partial charge in [0.15, 0.2) is 0 Å². The molecule has 0 radical (unpaired) electrons. The predicted molar refractivity (Wildman–Crippen MR) is 62.3 cm³/mol. The third kappa shape index (κ3) is 4.43. The summed E-state index contributed by atoms with van der Waals surface area (Å²) in [5.41, 5.74) is 2.72. The van der Waals surface area contributed by atoms with Crippen LogP contribution in [0.3, 0.4) is 0 Å². The van der Waals surface area contributed by atoms with Crippen LogP contribution in [0.1, 0.15) is 31.4 Å². The van der Waals surface area contributed by atoms with E-state index in [2.05, 4.69) is 50.4 Å². The van der Waals surface area contributed by atoms with Gasteiger partial charge in [0.1, 0.15) is 0 Å². The number of rotatable bonds is 5. The van der Waals surface area contributed by atoms with E-state index in [1.165, 1.54) is 17.5 Å². The van der Waals surface area contributed by atoms with Crippen molar-refractivity contribution < 1.29 is 0 Å². The molecule has 0 fully saturated rings. The molecule has 0 aliphatic carbocycles. The lowest BCUT2D eigenvalue weighted by Gasteiger charge is -2.07. The van der Waals surface area contributed by atoms with E-state index in [1.54, 1.807) is 0 Å². The second kappa shape index (κ2) is 5.82. The number of hydrogen-bond donors (Lipinski definition) is 1. The zero-order valence-corrected chi connectivity index (χ0v) is 9.51. The number of hydrogen-bond acceptors (Lipinski definition) is 1. The van der Waals surface area contributed by atoms with Gasteiger partial charge in [0.25, 0.3) is 0 Å². The second-order valence-electron chi connectivity index (χ2n) is 4.35. The van der Waals surface area contributed by atoms with Gasteiger partial charge >= 0.3 is 0 Å². The molecule has 0 unspecified atom stereocenters. The fourth-order valence-electron chi connectivity index (χ4n) is 1.45. The summed E-state index contributed by atoms with van der Waals surface area (Å²) in [4.78, 5) is 0. The highest BCUT2D eigenvalue weighted by atomic mass is 14.8. The Morgan fingerprint density at radius 2 is 2.07 bits per heavy atom. The average molecular weight is 191 g/mol. The van der Waals surface area contributed by atoms with Crippen LogP contribution >= 0.6 is 0 Å². The van der Waals surface area contributed by atoms with Crippen molar-refractivity contribution >= 4 is 0 Å². The summed E-state index contributed by atoms with van der Waals surface area (Å²) in [6.07, 6.45) is 1.26. The van der Waals surface area contributed by atoms with Gasteiger partial charge in [-0.05, 0) is 31.4 Å². The van der Waals surface area contributed by atoms with Crippen molar-refractivity contribution in [2.75, 3.05) is 6.54 Å². The average Bonchev–Trinajstić information content (AvgIpc) is 2.12. The molecule has 0 aliphatic rings. The van der Waals surface area contributed by atoms with Gasteiger partial charge in [-0.1, -0.05) is 43.7 Å². The molecule has 1 nitrogen and oxygen atoms in total. The van der Waals surface area contributed by atoms with Crippen molar-refractivity contribution in [3.8, 4) is 0 Å². The van der Waals surface area contributed by atoms with Crippen molar-refractivity contribution in [1.29, 1.82) is 0 Å². The molecule has 1 heteroatoms. The van der Waals surface area contributed by atoms with Crippen LogP contribution in [0.5, 0.6) is 0 Å². The summed E-state index contributed by atoms with van der Waals surface area (Å²) in [6, 6.07) is 8.67. The molecule has 78 valence electrons. The Kier molecular flexibility index (Phi) is 4.68. The summed E-state index contributed by atoms with van der Waals surface area (Å²) >= 11 is 0. The standard InChI is InChI=1S/C13H21N/c1-11(2)7-8-14-10-13-6-4-5-12(3)9-13/h4-6,9,11,14H,7-8,10H2,1-3H3. The van der Waals surface area contributed by atoms with Crippen molar-refractivity contribution in [1.82, 2.24) is 5.32 Å². The number of nitrogens with one attached hydrogen (secondary N) is 1. The highest BCUT2D eigenvalue weighted by molar-refractivity contribution is 5.21. The molecule has 0 bridgehead atoms. The Morgan fingerprint density at radius 1 is 1.29 bits per heavy atom. The van der Waals surface area contributed by atoms with E-state index >= 15 is 0 Å². The molecule has 0 saturated carbocycles. The molecule has 0 aliphatic heterocycles.